The number of nitrogens with zero attached hydrogens (tertiary/aromatic N) is 2. The molecule has 0 fully saturated rings. The SMILES string of the molecule is Cc1cccc(NC(=O)CN2Cc3ccccc3C2=O)n1. The van der Waals surface area contributed by atoms with Crippen LogP contribution in [0.3, 0.4) is 0 Å². The number of benzene rings is 1. The Morgan fingerprint density at radius 1 is 1.24 bits per heavy atom. The summed E-state index contributed by atoms with van der Waals surface area (Å²) < 4.78 is 0. The van der Waals surface area contributed by atoms with Crippen molar-refractivity contribution in [1.29, 1.82) is 0 Å². The normalized spacial score (nSPS) is 13.2. The van der Waals surface area contributed by atoms with Crippen LogP contribution >= 0.6 is 0 Å². The van der Waals surface area contributed by atoms with Crippen LogP contribution in [0.1, 0.15) is 21.6 Å². The molecule has 0 atom stereocenters. The number of pyridine rings is 1. The summed E-state index contributed by atoms with van der Waals surface area (Å²) in [5.41, 5.74) is 2.47. The van der Waals surface area contributed by atoms with E-state index in [0.717, 1.165) is 11.3 Å². The van der Waals surface area contributed by atoms with Gasteiger partial charge in [-0.25, -0.2) is 4.98 Å². The van der Waals surface area contributed by atoms with E-state index in [0.29, 0.717) is 17.9 Å². The van der Waals surface area contributed by atoms with Crippen LogP contribution in [0.4, 0.5) is 5.82 Å². The zero-order valence-electron chi connectivity index (χ0n) is 11.7. The number of aromatic nitrogens is 1. The molecule has 0 saturated carbocycles. The van der Waals surface area contributed by atoms with E-state index in [-0.39, 0.29) is 18.4 Å². The second-order valence-corrected chi connectivity index (χ2v) is 5.03. The monoisotopic (exact) mass is 281 g/mol. The van der Waals surface area contributed by atoms with Gasteiger partial charge in [0.25, 0.3) is 5.91 Å². The maximum absolute atomic E-state index is 12.2. The second-order valence-electron chi connectivity index (χ2n) is 5.03. The largest absolute Gasteiger partial charge is 0.325 e. The van der Waals surface area contributed by atoms with Crippen LogP contribution in [0.25, 0.3) is 0 Å². The number of amides is 2. The average Bonchev–Trinajstić information content (AvgIpc) is 2.76. The van der Waals surface area contributed by atoms with E-state index in [4.69, 9.17) is 0 Å². The van der Waals surface area contributed by atoms with Gasteiger partial charge in [0.05, 0.1) is 0 Å². The number of nitrogens with one attached hydrogen (secondary N) is 1. The van der Waals surface area contributed by atoms with Crippen LogP contribution in [0.5, 0.6) is 0 Å². The summed E-state index contributed by atoms with van der Waals surface area (Å²) in [5, 5.41) is 2.71. The van der Waals surface area contributed by atoms with Crippen molar-refractivity contribution in [2.24, 2.45) is 0 Å². The summed E-state index contributed by atoms with van der Waals surface area (Å²) in [7, 11) is 0. The predicted molar refractivity (Wildman–Crippen MR) is 78.8 cm³/mol. The van der Waals surface area contributed by atoms with Crippen molar-refractivity contribution in [3.8, 4) is 0 Å². The zero-order chi connectivity index (χ0) is 14.8. The van der Waals surface area contributed by atoms with Crippen LogP contribution in [-0.4, -0.2) is 28.2 Å². The highest BCUT2D eigenvalue weighted by molar-refractivity contribution is 6.01. The molecule has 0 unspecified atom stereocenters. The Bertz CT molecular complexity index is 712. The average molecular weight is 281 g/mol. The number of hydrogen-bond acceptors (Lipinski definition) is 3. The molecule has 2 aromatic rings. The fraction of sp³-hybridized carbons (Fsp3) is 0.188. The van der Waals surface area contributed by atoms with E-state index in [1.807, 2.05) is 37.3 Å². The van der Waals surface area contributed by atoms with E-state index >= 15 is 0 Å². The number of rotatable bonds is 3. The Labute approximate surface area is 122 Å². The van der Waals surface area contributed by atoms with Crippen LogP contribution in [0, 0.1) is 6.92 Å². The van der Waals surface area contributed by atoms with Crippen LogP contribution in [0.2, 0.25) is 0 Å². The first-order chi connectivity index (χ1) is 10.1. The van der Waals surface area contributed by atoms with Crippen LogP contribution in [0.15, 0.2) is 42.5 Å². The lowest BCUT2D eigenvalue weighted by molar-refractivity contribution is -0.116. The number of fused-ring (bicyclic) bond motifs is 1. The summed E-state index contributed by atoms with van der Waals surface area (Å²) in [5.74, 6) is 0.163. The Kier molecular flexibility index (Phi) is 3.39. The Morgan fingerprint density at radius 3 is 2.81 bits per heavy atom. The number of anilines is 1. The zero-order valence-corrected chi connectivity index (χ0v) is 11.7. The number of carbonyl (C=O) groups is 2. The third-order valence-corrected chi connectivity index (χ3v) is 3.39. The van der Waals surface area contributed by atoms with Crippen LogP contribution < -0.4 is 5.32 Å². The molecule has 0 aliphatic carbocycles. The van der Waals surface area contributed by atoms with Crippen molar-refractivity contribution in [3.05, 3.63) is 59.3 Å². The molecule has 0 saturated heterocycles. The summed E-state index contributed by atoms with van der Waals surface area (Å²) in [6, 6.07) is 12.8. The van der Waals surface area contributed by atoms with Gasteiger partial charge in [0.1, 0.15) is 12.4 Å². The number of aryl methyl sites for hydroxylation is 1. The number of hydrogen-bond donors (Lipinski definition) is 1. The van der Waals surface area contributed by atoms with Gasteiger partial charge in [0, 0.05) is 17.8 Å². The summed E-state index contributed by atoms with van der Waals surface area (Å²) in [6.07, 6.45) is 0. The molecule has 21 heavy (non-hydrogen) atoms. The Hall–Kier alpha value is -2.69. The predicted octanol–water partition coefficient (Wildman–Crippen LogP) is 1.98. The molecule has 2 heterocycles. The first-order valence-electron chi connectivity index (χ1n) is 6.74. The van der Waals surface area contributed by atoms with E-state index < -0.39 is 0 Å². The van der Waals surface area contributed by atoms with E-state index in [9.17, 15) is 9.59 Å². The molecule has 2 amide bonds. The third-order valence-electron chi connectivity index (χ3n) is 3.39. The van der Waals surface area contributed by atoms with Crippen molar-refractivity contribution >= 4 is 17.6 Å². The van der Waals surface area contributed by atoms with Gasteiger partial charge in [-0.15, -0.1) is 0 Å². The van der Waals surface area contributed by atoms with Gasteiger partial charge in [-0.3, -0.25) is 9.59 Å². The van der Waals surface area contributed by atoms with Gasteiger partial charge in [0.2, 0.25) is 5.91 Å². The minimum atomic E-state index is -0.241. The molecule has 5 nitrogen and oxygen atoms in total. The van der Waals surface area contributed by atoms with Gasteiger partial charge >= 0.3 is 0 Å². The minimum absolute atomic E-state index is 0.0309. The highest BCUT2D eigenvalue weighted by Crippen LogP contribution is 2.21. The van der Waals surface area contributed by atoms with Gasteiger partial charge in [-0.1, -0.05) is 24.3 Å². The quantitative estimate of drug-likeness (QED) is 0.935. The summed E-state index contributed by atoms with van der Waals surface area (Å²) in [4.78, 5) is 29.9. The van der Waals surface area contributed by atoms with Crippen molar-refractivity contribution in [2.45, 2.75) is 13.5 Å². The molecule has 0 spiro atoms. The minimum Gasteiger partial charge on any atom is -0.325 e. The molecule has 106 valence electrons. The lowest BCUT2D eigenvalue weighted by Crippen LogP contribution is -2.33. The van der Waals surface area contributed by atoms with Gasteiger partial charge in [-0.05, 0) is 30.7 Å². The third kappa shape index (κ3) is 2.76. The molecule has 1 aliphatic heterocycles. The first kappa shape index (κ1) is 13.3. The summed E-state index contributed by atoms with van der Waals surface area (Å²) >= 11 is 0. The molecule has 3 rings (SSSR count). The molecular formula is C16H15N3O2. The topological polar surface area (TPSA) is 62.3 Å². The maximum Gasteiger partial charge on any atom is 0.254 e. The van der Waals surface area contributed by atoms with E-state index in [1.165, 1.54) is 4.90 Å². The fourth-order valence-corrected chi connectivity index (χ4v) is 2.41. The summed E-state index contributed by atoms with van der Waals surface area (Å²) in [6.45, 7) is 2.36. The molecule has 5 heteroatoms. The lowest BCUT2D eigenvalue weighted by atomic mass is 10.1. The van der Waals surface area contributed by atoms with Crippen molar-refractivity contribution in [1.82, 2.24) is 9.88 Å². The van der Waals surface area contributed by atoms with E-state index in [2.05, 4.69) is 10.3 Å². The second kappa shape index (κ2) is 5.36. The van der Waals surface area contributed by atoms with Crippen molar-refractivity contribution < 1.29 is 9.59 Å². The molecule has 0 bridgehead atoms. The maximum atomic E-state index is 12.2. The molecule has 0 radical (unpaired) electrons. The highest BCUT2D eigenvalue weighted by Gasteiger charge is 2.28. The molecule has 1 N–H and O–H groups in total. The van der Waals surface area contributed by atoms with Gasteiger partial charge in [-0.2, -0.15) is 0 Å². The lowest BCUT2D eigenvalue weighted by Gasteiger charge is -2.15. The molecule has 1 aromatic carbocycles. The number of carbonyl (C=O) groups excluding carboxylic acids is 2. The standard InChI is InChI=1S/C16H15N3O2/c1-11-5-4-8-14(17-11)18-15(20)10-19-9-12-6-2-3-7-13(12)16(19)21/h2-8H,9-10H2,1H3,(H,17,18,20). The molecule has 1 aromatic heterocycles. The van der Waals surface area contributed by atoms with Gasteiger partial charge in [0.15, 0.2) is 0 Å². The molecular weight excluding hydrogens is 266 g/mol. The van der Waals surface area contributed by atoms with Crippen molar-refractivity contribution in [2.75, 3.05) is 11.9 Å². The fourth-order valence-electron chi connectivity index (χ4n) is 2.41. The first-order valence-corrected chi connectivity index (χ1v) is 6.74. The molecule has 1 aliphatic rings. The van der Waals surface area contributed by atoms with Gasteiger partial charge < -0.3 is 10.2 Å². The highest BCUT2D eigenvalue weighted by atomic mass is 16.2. The van der Waals surface area contributed by atoms with Crippen molar-refractivity contribution in [3.63, 3.8) is 0 Å². The smallest absolute Gasteiger partial charge is 0.254 e. The Balaban J connectivity index is 1.66. The Morgan fingerprint density at radius 2 is 2.05 bits per heavy atom. The van der Waals surface area contributed by atoms with Crippen LogP contribution in [-0.2, 0) is 11.3 Å². The van der Waals surface area contributed by atoms with E-state index in [1.54, 1.807) is 12.1 Å².